The molecule has 34 heavy (non-hydrogen) atoms. The normalized spacial score (nSPS) is 21.4. The van der Waals surface area contributed by atoms with Gasteiger partial charge in [0.1, 0.15) is 4.90 Å². The van der Waals surface area contributed by atoms with E-state index in [4.69, 9.17) is 0 Å². The van der Waals surface area contributed by atoms with Crippen molar-refractivity contribution in [1.29, 1.82) is 0 Å². The monoisotopic (exact) mass is 515 g/mol. The number of hydrogen-bond donors (Lipinski definition) is 1. The zero-order chi connectivity index (χ0) is 25.8. The van der Waals surface area contributed by atoms with Crippen LogP contribution in [0, 0.1) is 0 Å². The van der Waals surface area contributed by atoms with Crippen LogP contribution in [0.3, 0.4) is 0 Å². The van der Waals surface area contributed by atoms with Gasteiger partial charge in [-0.2, -0.15) is 13.2 Å². The predicted octanol–water partition coefficient (Wildman–Crippen LogP) is 6.12. The van der Waals surface area contributed by atoms with Crippen molar-refractivity contribution in [1.82, 2.24) is 10.2 Å². The molecule has 0 aromatic heterocycles. The molecule has 5 nitrogen and oxygen atoms in total. The number of hydrogen-bond acceptors (Lipinski definition) is 3. The fourth-order valence-electron chi connectivity index (χ4n) is 3.27. The first kappa shape index (κ1) is 25.5. The van der Waals surface area contributed by atoms with E-state index in [0.29, 0.717) is 5.56 Å². The Morgan fingerprint density at radius 2 is 1.62 bits per heavy atom. The Morgan fingerprint density at radius 1 is 1.03 bits per heavy atom. The van der Waals surface area contributed by atoms with Crippen molar-refractivity contribution in [3.63, 3.8) is 0 Å². The van der Waals surface area contributed by atoms with Crippen LogP contribution in [-0.4, -0.2) is 35.9 Å². The molecule has 0 radical (unpaired) electrons. The third kappa shape index (κ3) is 5.32. The molecule has 1 aliphatic rings. The standard InChI is InChI=1S/C20H17F8N3O2S/c1-19(11-16(32)31(2)18(30-19)29-17(33)20(21,22)23)14-5-3-4-13(10-14)12-6-8-15(9-7-12)34(24,25,26,27)28/h3-10H,11H2,1-2H3,(H,29,30,33)/t19-/m0/s1. The zero-order valence-electron chi connectivity index (χ0n) is 17.5. The highest BCUT2D eigenvalue weighted by Crippen LogP contribution is 3.02. The highest BCUT2D eigenvalue weighted by molar-refractivity contribution is 8.45. The number of nitrogens with one attached hydrogen (secondary N) is 1. The summed E-state index contributed by atoms with van der Waals surface area (Å²) in [5.41, 5.74) is -0.709. The molecule has 0 saturated carbocycles. The summed E-state index contributed by atoms with van der Waals surface area (Å²) in [5, 5.41) is 1.55. The second kappa shape index (κ2) is 7.17. The van der Waals surface area contributed by atoms with E-state index in [9.17, 15) is 42.2 Å². The topological polar surface area (TPSA) is 61.8 Å². The summed E-state index contributed by atoms with van der Waals surface area (Å²) < 4.78 is 103. The first-order chi connectivity index (χ1) is 15.2. The molecule has 1 heterocycles. The van der Waals surface area contributed by atoms with Crippen molar-refractivity contribution in [3.8, 4) is 11.1 Å². The third-order valence-electron chi connectivity index (χ3n) is 5.14. The first-order valence-corrected chi connectivity index (χ1v) is 11.3. The molecule has 1 N–H and O–H groups in total. The van der Waals surface area contributed by atoms with E-state index >= 15 is 0 Å². The van der Waals surface area contributed by atoms with Gasteiger partial charge < -0.3 is 0 Å². The lowest BCUT2D eigenvalue weighted by atomic mass is 9.86. The summed E-state index contributed by atoms with van der Waals surface area (Å²) in [4.78, 5) is 26.6. The van der Waals surface area contributed by atoms with Gasteiger partial charge >= 0.3 is 22.3 Å². The molecule has 2 aromatic carbocycles. The molecule has 1 aliphatic heterocycles. The van der Waals surface area contributed by atoms with Gasteiger partial charge in [0.15, 0.2) is 0 Å². The van der Waals surface area contributed by atoms with E-state index in [1.54, 1.807) is 5.32 Å². The Bertz CT molecular complexity index is 1190. The molecule has 186 valence electrons. The Kier molecular flexibility index (Phi) is 5.37. The van der Waals surface area contributed by atoms with Crippen molar-refractivity contribution >= 4 is 28.0 Å². The lowest BCUT2D eigenvalue weighted by molar-refractivity contribution is -0.172. The van der Waals surface area contributed by atoms with Crippen LogP contribution in [0.2, 0.25) is 0 Å². The number of benzene rings is 2. The van der Waals surface area contributed by atoms with Crippen LogP contribution in [0.25, 0.3) is 11.1 Å². The molecule has 0 bridgehead atoms. The maximum Gasteiger partial charge on any atom is 0.471 e. The number of nitrogens with zero attached hydrogens (tertiary/aromatic N) is 2. The van der Waals surface area contributed by atoms with Gasteiger partial charge in [0, 0.05) is 7.05 Å². The van der Waals surface area contributed by atoms with Gasteiger partial charge in [-0.15, -0.1) is 0 Å². The molecular formula is C20H17F8N3O2S. The summed E-state index contributed by atoms with van der Waals surface area (Å²) in [6.45, 7) is 1.42. The largest absolute Gasteiger partial charge is 0.471 e. The van der Waals surface area contributed by atoms with Gasteiger partial charge in [-0.3, -0.25) is 19.8 Å². The minimum atomic E-state index is -9.84. The molecule has 2 aromatic rings. The van der Waals surface area contributed by atoms with E-state index < -0.39 is 44.6 Å². The van der Waals surface area contributed by atoms with E-state index in [1.807, 2.05) is 0 Å². The number of carbonyl (C=O) groups excluding carboxylic acids is 2. The summed E-state index contributed by atoms with van der Waals surface area (Å²) in [7, 11) is -8.71. The summed E-state index contributed by atoms with van der Waals surface area (Å²) in [6.07, 6.45) is -5.51. The molecular weight excluding hydrogens is 498 g/mol. The molecule has 0 unspecified atom stereocenters. The molecule has 1 atom stereocenters. The highest BCUT2D eigenvalue weighted by atomic mass is 32.5. The van der Waals surface area contributed by atoms with Crippen LogP contribution >= 0.6 is 10.2 Å². The van der Waals surface area contributed by atoms with Crippen LogP contribution in [0.1, 0.15) is 18.9 Å². The maximum atomic E-state index is 13.0. The Morgan fingerprint density at radius 3 is 2.15 bits per heavy atom. The number of alkyl halides is 3. The predicted molar refractivity (Wildman–Crippen MR) is 110 cm³/mol. The summed E-state index contributed by atoms with van der Waals surface area (Å²) >= 11 is 0. The van der Waals surface area contributed by atoms with E-state index in [-0.39, 0.29) is 29.7 Å². The Hall–Kier alpha value is -3.16. The minimum Gasteiger partial charge on any atom is -0.288 e. The zero-order valence-corrected chi connectivity index (χ0v) is 18.3. The molecule has 3 rings (SSSR count). The fraction of sp³-hybridized carbons (Fsp3) is 0.250. The quantitative estimate of drug-likeness (QED) is 0.501. The summed E-state index contributed by atoms with van der Waals surface area (Å²) in [5.74, 6) is -3.61. The number of carbonyl (C=O) groups is 2. The number of aliphatic imine (C=N–C) groups is 1. The first-order valence-electron chi connectivity index (χ1n) is 9.39. The minimum absolute atomic E-state index is 0.143. The molecule has 2 amide bonds. The SMILES string of the molecule is CN1C(=O)C[C@@](C)(c2cccc(-c3ccc(S(F)(F)(F)(F)F)cc3)c2)N=C1NC(=O)C(F)(F)F. The van der Waals surface area contributed by atoms with Crippen molar-refractivity contribution < 1.29 is 42.2 Å². The second-order valence-corrected chi connectivity index (χ2v) is 10.3. The average Bonchev–Trinajstić information content (AvgIpc) is 2.69. The van der Waals surface area contributed by atoms with Gasteiger partial charge in [0.2, 0.25) is 11.9 Å². The molecule has 14 heteroatoms. The van der Waals surface area contributed by atoms with Crippen molar-refractivity contribution in [2.45, 2.75) is 30.0 Å². The maximum absolute atomic E-state index is 13.0. The van der Waals surface area contributed by atoms with Crippen LogP contribution in [0.4, 0.5) is 32.6 Å². The number of rotatable bonds is 3. The third-order valence-corrected chi connectivity index (χ3v) is 6.30. The van der Waals surface area contributed by atoms with Gasteiger partial charge in [0.25, 0.3) is 0 Å². The molecule has 0 spiro atoms. The van der Waals surface area contributed by atoms with E-state index in [0.717, 1.165) is 24.1 Å². The highest BCUT2D eigenvalue weighted by Gasteiger charge is 2.65. The van der Waals surface area contributed by atoms with Gasteiger partial charge in [-0.25, -0.2) is 4.99 Å². The van der Waals surface area contributed by atoms with Crippen molar-refractivity contribution in [3.05, 3.63) is 54.1 Å². The average molecular weight is 515 g/mol. The van der Waals surface area contributed by atoms with Gasteiger partial charge in [-0.05, 0) is 41.8 Å². The van der Waals surface area contributed by atoms with E-state index in [1.165, 1.54) is 31.2 Å². The number of amides is 2. The van der Waals surface area contributed by atoms with Gasteiger partial charge in [-0.1, -0.05) is 49.8 Å². The van der Waals surface area contributed by atoms with Crippen molar-refractivity contribution in [2.75, 3.05) is 7.05 Å². The summed E-state index contributed by atoms with van der Waals surface area (Å²) in [6, 6.07) is 8.05. The molecule has 0 fully saturated rings. The Balaban J connectivity index is 2.00. The van der Waals surface area contributed by atoms with E-state index in [2.05, 4.69) is 4.99 Å². The van der Waals surface area contributed by atoms with Gasteiger partial charge in [0.05, 0.1) is 12.0 Å². The number of halogens is 8. The smallest absolute Gasteiger partial charge is 0.288 e. The molecule has 0 aliphatic carbocycles. The lowest BCUT2D eigenvalue weighted by Crippen LogP contribution is -2.53. The van der Waals surface area contributed by atoms with Crippen molar-refractivity contribution in [2.24, 2.45) is 4.99 Å². The second-order valence-electron chi connectivity index (χ2n) is 7.86. The number of guanidine groups is 1. The van der Waals surface area contributed by atoms with Crippen LogP contribution in [-0.2, 0) is 15.1 Å². The molecule has 0 saturated heterocycles. The Labute approximate surface area is 188 Å². The van der Waals surface area contributed by atoms with Crippen LogP contribution < -0.4 is 5.32 Å². The van der Waals surface area contributed by atoms with Crippen LogP contribution in [0.15, 0.2) is 58.4 Å². The lowest BCUT2D eigenvalue weighted by Gasteiger charge is -2.40. The van der Waals surface area contributed by atoms with Crippen LogP contribution in [0.5, 0.6) is 0 Å². The fourth-order valence-corrected chi connectivity index (χ4v) is 3.92.